The van der Waals surface area contributed by atoms with E-state index in [0.29, 0.717) is 22.6 Å². The lowest BCUT2D eigenvalue weighted by Crippen LogP contribution is -2.38. The van der Waals surface area contributed by atoms with Crippen molar-refractivity contribution in [1.29, 1.82) is 0 Å². The number of benzene rings is 1. The largest absolute Gasteiger partial charge is 0.496 e. The molecule has 1 fully saturated rings. The minimum Gasteiger partial charge on any atom is -0.496 e. The second-order valence-corrected chi connectivity index (χ2v) is 8.33. The molecule has 4 rings (SSSR count). The maximum Gasteiger partial charge on any atom is 0.433 e. The number of aromatic nitrogens is 2. The Labute approximate surface area is 185 Å². The molecule has 170 valence electrons. The number of halogens is 3. The number of piperidine rings is 1. The van der Waals surface area contributed by atoms with Crippen LogP contribution in [0.2, 0.25) is 0 Å². The summed E-state index contributed by atoms with van der Waals surface area (Å²) < 4.78 is 44.4. The molecule has 0 unspecified atom stereocenters. The first-order valence-electron chi connectivity index (χ1n) is 10.7. The number of pyridine rings is 2. The molecular weight excluding hydrogens is 417 g/mol. The molecule has 0 aliphatic carbocycles. The Morgan fingerprint density at radius 3 is 2.56 bits per heavy atom. The molecule has 0 spiro atoms. The monoisotopic (exact) mass is 444 g/mol. The predicted octanol–water partition coefficient (Wildman–Crippen LogP) is 5.01. The number of alkyl halides is 3. The molecule has 0 saturated carbocycles. The van der Waals surface area contributed by atoms with Crippen molar-refractivity contribution in [3.8, 4) is 5.75 Å². The van der Waals surface area contributed by atoms with E-state index in [0.717, 1.165) is 50.8 Å². The Kier molecular flexibility index (Phi) is 6.50. The van der Waals surface area contributed by atoms with Gasteiger partial charge in [0, 0.05) is 43.3 Å². The number of para-hydroxylation sites is 1. The average Bonchev–Trinajstić information content (AvgIpc) is 2.78. The molecule has 0 amide bonds. The summed E-state index contributed by atoms with van der Waals surface area (Å²) in [4.78, 5) is 12.7. The zero-order chi connectivity index (χ0) is 22.7. The van der Waals surface area contributed by atoms with E-state index in [2.05, 4.69) is 32.9 Å². The molecule has 2 aromatic heterocycles. The molecular formula is C24H27F3N4O. The third-order valence-electron chi connectivity index (χ3n) is 6.00. The lowest BCUT2D eigenvalue weighted by molar-refractivity contribution is -0.140. The van der Waals surface area contributed by atoms with Gasteiger partial charge in [0.1, 0.15) is 17.3 Å². The van der Waals surface area contributed by atoms with Crippen LogP contribution >= 0.6 is 0 Å². The molecule has 32 heavy (non-hydrogen) atoms. The Bertz CT molecular complexity index is 1060. The van der Waals surface area contributed by atoms with Crippen LogP contribution in [0.4, 0.5) is 19.0 Å². The van der Waals surface area contributed by atoms with Gasteiger partial charge < -0.3 is 14.5 Å². The van der Waals surface area contributed by atoms with Crippen LogP contribution in [0.15, 0.2) is 48.7 Å². The SMILES string of the molecule is COc1ccccc1CN(C)CC1CCN(c2nccc3nc(C(F)(F)F)ccc23)CC1. The maximum absolute atomic E-state index is 13.0. The highest BCUT2D eigenvalue weighted by molar-refractivity contribution is 5.89. The quantitative estimate of drug-likeness (QED) is 0.535. The fraction of sp³-hybridized carbons (Fsp3) is 0.417. The van der Waals surface area contributed by atoms with Crippen molar-refractivity contribution in [3.63, 3.8) is 0 Å². The van der Waals surface area contributed by atoms with Gasteiger partial charge in [0.25, 0.3) is 0 Å². The van der Waals surface area contributed by atoms with Gasteiger partial charge in [-0.2, -0.15) is 13.2 Å². The summed E-state index contributed by atoms with van der Waals surface area (Å²) in [5.41, 5.74) is 0.614. The van der Waals surface area contributed by atoms with E-state index >= 15 is 0 Å². The van der Waals surface area contributed by atoms with E-state index in [1.165, 1.54) is 23.9 Å². The molecule has 0 bridgehead atoms. The summed E-state index contributed by atoms with van der Waals surface area (Å²) in [7, 11) is 3.81. The summed E-state index contributed by atoms with van der Waals surface area (Å²) >= 11 is 0. The van der Waals surface area contributed by atoms with Gasteiger partial charge >= 0.3 is 6.18 Å². The van der Waals surface area contributed by atoms with Crippen molar-refractivity contribution in [2.24, 2.45) is 5.92 Å². The minimum atomic E-state index is -4.45. The van der Waals surface area contributed by atoms with Crippen molar-refractivity contribution in [1.82, 2.24) is 14.9 Å². The molecule has 1 aromatic carbocycles. The molecule has 3 aromatic rings. The van der Waals surface area contributed by atoms with Crippen LogP contribution in [0, 0.1) is 5.92 Å². The average molecular weight is 445 g/mol. The minimum absolute atomic E-state index is 0.323. The molecule has 8 heteroatoms. The molecule has 0 atom stereocenters. The van der Waals surface area contributed by atoms with E-state index < -0.39 is 11.9 Å². The second kappa shape index (κ2) is 9.32. The second-order valence-electron chi connectivity index (χ2n) is 8.33. The number of anilines is 1. The first-order valence-corrected chi connectivity index (χ1v) is 10.7. The third-order valence-corrected chi connectivity index (χ3v) is 6.00. The number of methoxy groups -OCH3 is 1. The fourth-order valence-electron chi connectivity index (χ4n) is 4.41. The number of ether oxygens (including phenoxy) is 1. The highest BCUT2D eigenvalue weighted by Gasteiger charge is 2.33. The zero-order valence-electron chi connectivity index (χ0n) is 18.3. The van der Waals surface area contributed by atoms with E-state index in [1.54, 1.807) is 7.11 Å². The topological polar surface area (TPSA) is 41.5 Å². The van der Waals surface area contributed by atoms with Gasteiger partial charge in [-0.05, 0) is 50.1 Å². The van der Waals surface area contributed by atoms with Crippen LogP contribution in [0.1, 0.15) is 24.1 Å². The van der Waals surface area contributed by atoms with Crippen molar-refractivity contribution in [2.75, 3.05) is 38.7 Å². The number of hydrogen-bond donors (Lipinski definition) is 0. The zero-order valence-corrected chi connectivity index (χ0v) is 18.3. The van der Waals surface area contributed by atoms with Crippen LogP contribution in [0.3, 0.4) is 0 Å². The molecule has 0 radical (unpaired) electrons. The maximum atomic E-state index is 13.0. The molecule has 0 N–H and O–H groups in total. The lowest BCUT2D eigenvalue weighted by Gasteiger charge is -2.35. The van der Waals surface area contributed by atoms with Crippen LogP contribution in [-0.4, -0.2) is 48.7 Å². The molecule has 1 aliphatic rings. The van der Waals surface area contributed by atoms with Crippen molar-refractivity contribution < 1.29 is 17.9 Å². The molecule has 3 heterocycles. The smallest absolute Gasteiger partial charge is 0.433 e. The molecule has 1 saturated heterocycles. The first kappa shape index (κ1) is 22.3. The van der Waals surface area contributed by atoms with E-state index in [4.69, 9.17) is 4.74 Å². The summed E-state index contributed by atoms with van der Waals surface area (Å²) in [6.07, 6.45) is -0.908. The van der Waals surface area contributed by atoms with Crippen molar-refractivity contribution in [2.45, 2.75) is 25.6 Å². The number of fused-ring (bicyclic) bond motifs is 1. The number of rotatable bonds is 6. The van der Waals surface area contributed by atoms with Gasteiger partial charge in [-0.3, -0.25) is 0 Å². The van der Waals surface area contributed by atoms with Gasteiger partial charge in [0.15, 0.2) is 0 Å². The Morgan fingerprint density at radius 1 is 1.09 bits per heavy atom. The third kappa shape index (κ3) is 4.96. The highest BCUT2D eigenvalue weighted by atomic mass is 19.4. The molecule has 1 aliphatic heterocycles. The normalized spacial score (nSPS) is 15.5. The van der Waals surface area contributed by atoms with Gasteiger partial charge in [0.05, 0.1) is 12.6 Å². The molecule has 5 nitrogen and oxygen atoms in total. The Hall–Kier alpha value is -2.87. The van der Waals surface area contributed by atoms with Gasteiger partial charge in [-0.15, -0.1) is 0 Å². The summed E-state index contributed by atoms with van der Waals surface area (Å²) in [6.45, 7) is 3.44. The van der Waals surface area contributed by atoms with Crippen LogP contribution in [0.5, 0.6) is 5.75 Å². The Balaban J connectivity index is 1.39. The summed E-state index contributed by atoms with van der Waals surface area (Å²) in [5.74, 6) is 2.17. The lowest BCUT2D eigenvalue weighted by atomic mass is 9.96. The van der Waals surface area contributed by atoms with Crippen molar-refractivity contribution in [3.05, 3.63) is 59.9 Å². The van der Waals surface area contributed by atoms with Gasteiger partial charge in [-0.25, -0.2) is 9.97 Å². The van der Waals surface area contributed by atoms with Crippen LogP contribution in [-0.2, 0) is 12.7 Å². The van der Waals surface area contributed by atoms with E-state index in [-0.39, 0.29) is 0 Å². The number of nitrogens with zero attached hydrogens (tertiary/aromatic N) is 4. The fourth-order valence-corrected chi connectivity index (χ4v) is 4.41. The number of hydrogen-bond acceptors (Lipinski definition) is 5. The van der Waals surface area contributed by atoms with Crippen molar-refractivity contribution >= 4 is 16.7 Å². The van der Waals surface area contributed by atoms with E-state index in [1.807, 2.05) is 18.2 Å². The predicted molar refractivity (Wildman–Crippen MR) is 119 cm³/mol. The standard InChI is InChI=1S/C24H27F3N4O/c1-30(16-18-5-3-4-6-21(18)32-2)15-17-10-13-31(14-11-17)23-19-7-8-22(24(25,26)27)29-20(19)9-12-28-23/h3-9,12,17H,10-11,13-16H2,1-2H3. The highest BCUT2D eigenvalue weighted by Crippen LogP contribution is 2.32. The van der Waals surface area contributed by atoms with E-state index in [9.17, 15) is 13.2 Å². The summed E-state index contributed by atoms with van der Waals surface area (Å²) in [6, 6.07) is 12.1. The van der Waals surface area contributed by atoms with Gasteiger partial charge in [-0.1, -0.05) is 18.2 Å². The first-order chi connectivity index (χ1) is 15.3. The Morgan fingerprint density at radius 2 is 1.84 bits per heavy atom. The van der Waals surface area contributed by atoms with Crippen LogP contribution in [0.25, 0.3) is 10.9 Å². The summed E-state index contributed by atoms with van der Waals surface area (Å²) in [5, 5.41) is 0.659. The van der Waals surface area contributed by atoms with Gasteiger partial charge in [0.2, 0.25) is 0 Å². The van der Waals surface area contributed by atoms with Crippen LogP contribution < -0.4 is 9.64 Å².